The van der Waals surface area contributed by atoms with E-state index in [4.69, 9.17) is 9.05 Å². The summed E-state index contributed by atoms with van der Waals surface area (Å²) in [6.07, 6.45) is 10.8. The van der Waals surface area contributed by atoms with Gasteiger partial charge in [-0.05, 0) is 24.7 Å². The predicted octanol–water partition coefficient (Wildman–Crippen LogP) is 2.71. The third-order valence-corrected chi connectivity index (χ3v) is 4.85. The summed E-state index contributed by atoms with van der Waals surface area (Å²) in [6.45, 7) is 9.38. The molecule has 0 aromatic rings. The van der Waals surface area contributed by atoms with Crippen LogP contribution in [0.2, 0.25) is 0 Å². The fraction of sp³-hybridized carbons (Fsp3) is 1.00. The van der Waals surface area contributed by atoms with E-state index in [0.29, 0.717) is 0 Å². The molecule has 0 aliphatic heterocycles. The van der Waals surface area contributed by atoms with Gasteiger partial charge in [-0.25, -0.2) is 0 Å². The van der Waals surface area contributed by atoms with E-state index in [9.17, 15) is 9.46 Å². The van der Waals surface area contributed by atoms with Crippen LogP contribution in [-0.2, 0) is 13.6 Å². The van der Waals surface area contributed by atoms with Crippen molar-refractivity contribution < 1.29 is 69.9 Å². The largest absolute Gasteiger partial charge is 1.00 e. The summed E-state index contributed by atoms with van der Waals surface area (Å²) in [4.78, 5) is 11.6. The number of hydrogen-bond acceptors (Lipinski definition) is 4. The van der Waals surface area contributed by atoms with Crippen LogP contribution in [0, 0.1) is 11.8 Å². The molecule has 0 spiro atoms. The van der Waals surface area contributed by atoms with Crippen molar-refractivity contribution in [1.29, 1.82) is 0 Å². The molecule has 4 nitrogen and oxygen atoms in total. The van der Waals surface area contributed by atoms with Gasteiger partial charge < -0.3 is 13.9 Å². The zero-order valence-electron chi connectivity index (χ0n) is 16.7. The molecule has 0 fully saturated rings. The van der Waals surface area contributed by atoms with E-state index in [-0.39, 0.29) is 64.6 Å². The maximum Gasteiger partial charge on any atom is 1.00 e. The number of hydrogen-bond donors (Lipinski definition) is 0. The summed E-state index contributed by atoms with van der Waals surface area (Å²) in [5.41, 5.74) is 0. The van der Waals surface area contributed by atoms with Crippen molar-refractivity contribution in [3.63, 3.8) is 0 Å². The van der Waals surface area contributed by atoms with E-state index in [2.05, 4.69) is 27.7 Å². The van der Waals surface area contributed by atoms with Crippen LogP contribution in [0.25, 0.3) is 0 Å². The number of phosphoric acid groups is 1. The number of rotatable bonds is 16. The van der Waals surface area contributed by atoms with Gasteiger partial charge in [-0.15, -0.1) is 0 Å². The molecule has 0 aliphatic rings. The van der Waals surface area contributed by atoms with Crippen LogP contribution in [0.4, 0.5) is 0 Å². The SMILES string of the molecule is CC(C)CCCCCCOP(=O)([O-])OCCCCCCC(C)C.[K+]. The molecular formula is C18H38KO4P. The molecule has 0 aromatic carbocycles. The average Bonchev–Trinajstić information content (AvgIpc) is 2.44. The zero-order chi connectivity index (χ0) is 17.6. The van der Waals surface area contributed by atoms with Gasteiger partial charge in [-0.3, -0.25) is 4.57 Å². The summed E-state index contributed by atoms with van der Waals surface area (Å²) in [5, 5.41) is 0. The van der Waals surface area contributed by atoms with E-state index >= 15 is 0 Å². The maximum atomic E-state index is 11.6. The molecule has 0 amide bonds. The number of phosphoric ester groups is 1. The second-order valence-electron chi connectivity index (χ2n) is 7.31. The molecule has 0 aromatic heterocycles. The molecule has 0 rings (SSSR count). The van der Waals surface area contributed by atoms with Gasteiger partial charge in [0.25, 0.3) is 7.82 Å². The normalized spacial score (nSPS) is 12.0. The van der Waals surface area contributed by atoms with Crippen LogP contribution in [0.5, 0.6) is 0 Å². The summed E-state index contributed by atoms with van der Waals surface area (Å²) in [6, 6.07) is 0. The van der Waals surface area contributed by atoms with Crippen LogP contribution in [-0.4, -0.2) is 13.2 Å². The Bertz CT molecular complexity index is 285. The van der Waals surface area contributed by atoms with Gasteiger partial charge >= 0.3 is 51.4 Å². The molecule has 0 saturated carbocycles. The van der Waals surface area contributed by atoms with Crippen LogP contribution in [0.3, 0.4) is 0 Å². The smallest absolute Gasteiger partial charge is 0.756 e. The van der Waals surface area contributed by atoms with E-state index < -0.39 is 7.82 Å². The standard InChI is InChI=1S/C18H39O4P.K/c1-17(2)13-9-5-7-11-15-21-23(19,20)22-16-12-8-6-10-14-18(3)4;/h17-18H,5-16H2,1-4H3,(H,19,20);/q;+1/p-1. The molecule has 0 aliphatic carbocycles. The predicted molar refractivity (Wildman–Crippen MR) is 95.4 cm³/mol. The van der Waals surface area contributed by atoms with Gasteiger partial charge in [0.1, 0.15) is 0 Å². The molecule has 0 heterocycles. The van der Waals surface area contributed by atoms with Crippen molar-refractivity contribution in [1.82, 2.24) is 0 Å². The van der Waals surface area contributed by atoms with Crippen LogP contribution in [0.1, 0.15) is 91.9 Å². The Morgan fingerprint density at radius 3 is 1.38 bits per heavy atom. The Morgan fingerprint density at radius 1 is 0.708 bits per heavy atom. The van der Waals surface area contributed by atoms with Gasteiger partial charge in [0.05, 0.1) is 13.2 Å². The Labute approximate surface area is 192 Å². The first-order valence-electron chi connectivity index (χ1n) is 9.43. The minimum absolute atomic E-state index is 0. The molecule has 0 radical (unpaired) electrons. The van der Waals surface area contributed by atoms with Gasteiger partial charge in [-0.1, -0.05) is 79.1 Å². The van der Waals surface area contributed by atoms with E-state index in [1.54, 1.807) is 0 Å². The molecule has 140 valence electrons. The topological polar surface area (TPSA) is 58.6 Å². The minimum atomic E-state index is -4.09. The quantitative estimate of drug-likeness (QED) is 0.232. The third-order valence-electron chi connectivity index (χ3n) is 3.85. The van der Waals surface area contributed by atoms with Crippen molar-refractivity contribution in [3.8, 4) is 0 Å². The molecule has 0 unspecified atom stereocenters. The first-order chi connectivity index (χ1) is 10.8. The van der Waals surface area contributed by atoms with Crippen LogP contribution >= 0.6 is 7.82 Å². The Balaban J connectivity index is 0. The van der Waals surface area contributed by atoms with Crippen molar-refractivity contribution >= 4 is 7.82 Å². The minimum Gasteiger partial charge on any atom is -0.756 e. The summed E-state index contributed by atoms with van der Waals surface area (Å²) in [5.74, 6) is 1.48. The van der Waals surface area contributed by atoms with E-state index in [0.717, 1.165) is 50.4 Å². The molecular weight excluding hydrogens is 350 g/mol. The van der Waals surface area contributed by atoms with Gasteiger partial charge in [-0.2, -0.15) is 0 Å². The summed E-state index contributed by atoms with van der Waals surface area (Å²) < 4.78 is 21.4. The number of unbranched alkanes of at least 4 members (excludes halogenated alkanes) is 6. The van der Waals surface area contributed by atoms with Gasteiger partial charge in [0.15, 0.2) is 0 Å². The first-order valence-corrected chi connectivity index (χ1v) is 10.9. The van der Waals surface area contributed by atoms with Crippen molar-refractivity contribution in [3.05, 3.63) is 0 Å². The van der Waals surface area contributed by atoms with E-state index in [1.807, 2.05) is 0 Å². The second-order valence-corrected chi connectivity index (χ2v) is 8.72. The molecule has 0 N–H and O–H groups in total. The van der Waals surface area contributed by atoms with Gasteiger partial charge in [0, 0.05) is 0 Å². The average molecular weight is 389 g/mol. The first kappa shape index (κ1) is 28.0. The Hall–Kier alpha value is 1.75. The van der Waals surface area contributed by atoms with Crippen molar-refractivity contribution in [2.24, 2.45) is 11.8 Å². The van der Waals surface area contributed by atoms with Gasteiger partial charge in [0.2, 0.25) is 0 Å². The molecule has 24 heavy (non-hydrogen) atoms. The summed E-state index contributed by atoms with van der Waals surface area (Å²) in [7, 11) is -4.09. The Kier molecular flexibility index (Phi) is 21.1. The fourth-order valence-corrected chi connectivity index (χ4v) is 3.19. The monoisotopic (exact) mass is 388 g/mol. The van der Waals surface area contributed by atoms with Crippen molar-refractivity contribution in [2.45, 2.75) is 91.9 Å². The second kappa shape index (κ2) is 18.1. The third kappa shape index (κ3) is 21.8. The maximum absolute atomic E-state index is 11.6. The molecule has 0 bridgehead atoms. The summed E-state index contributed by atoms with van der Waals surface area (Å²) >= 11 is 0. The van der Waals surface area contributed by atoms with Crippen LogP contribution < -0.4 is 56.3 Å². The molecule has 0 atom stereocenters. The zero-order valence-corrected chi connectivity index (χ0v) is 20.7. The van der Waals surface area contributed by atoms with E-state index in [1.165, 1.54) is 25.7 Å². The van der Waals surface area contributed by atoms with Crippen LogP contribution in [0.15, 0.2) is 0 Å². The molecule has 0 saturated heterocycles. The fourth-order valence-electron chi connectivity index (χ4n) is 2.41. The van der Waals surface area contributed by atoms with Crippen molar-refractivity contribution in [2.75, 3.05) is 13.2 Å². The Morgan fingerprint density at radius 2 is 1.04 bits per heavy atom. The molecule has 6 heteroatoms.